The molecule has 1 aliphatic heterocycles. The van der Waals surface area contributed by atoms with E-state index in [1.54, 1.807) is 24.7 Å². The normalized spacial score (nSPS) is 13.8. The van der Waals surface area contributed by atoms with Gasteiger partial charge in [0.1, 0.15) is 5.82 Å². The summed E-state index contributed by atoms with van der Waals surface area (Å²) in [4.78, 5) is 31.2. The summed E-state index contributed by atoms with van der Waals surface area (Å²) in [5.74, 6) is 1.44. The van der Waals surface area contributed by atoms with Crippen molar-refractivity contribution in [2.24, 2.45) is 0 Å². The lowest BCUT2D eigenvalue weighted by Crippen LogP contribution is -2.47. The zero-order chi connectivity index (χ0) is 23.5. The van der Waals surface area contributed by atoms with Gasteiger partial charge in [-0.3, -0.25) is 4.79 Å². The average molecular weight is 473 g/mol. The molecular weight excluding hydrogens is 448 g/mol. The molecule has 7 nitrogen and oxygen atoms in total. The van der Waals surface area contributed by atoms with Gasteiger partial charge < -0.3 is 15.1 Å². The molecule has 0 unspecified atom stereocenters. The second-order valence-electron chi connectivity index (χ2n) is 8.17. The molecule has 1 amide bonds. The minimum absolute atomic E-state index is 0.196. The van der Waals surface area contributed by atoms with E-state index in [9.17, 15) is 4.79 Å². The first-order chi connectivity index (χ1) is 16.6. The van der Waals surface area contributed by atoms with Crippen LogP contribution in [0.5, 0.6) is 0 Å². The zero-order valence-electron chi connectivity index (χ0n) is 18.9. The van der Waals surface area contributed by atoms with Crippen LogP contribution in [0, 0.1) is 0 Å². The summed E-state index contributed by atoms with van der Waals surface area (Å²) in [5, 5.41) is 5.46. The second kappa shape index (κ2) is 9.65. The number of hydrogen-bond donors (Lipinski definition) is 1. The van der Waals surface area contributed by atoms with Crippen molar-refractivity contribution in [3.8, 4) is 0 Å². The number of aromatic nitrogens is 3. The van der Waals surface area contributed by atoms with Crippen molar-refractivity contribution < 1.29 is 4.79 Å². The molecule has 0 spiro atoms. The largest absolute Gasteiger partial charge is 0.353 e. The number of carbonyl (C=O) groups is 1. The quantitative estimate of drug-likeness (QED) is 0.449. The van der Waals surface area contributed by atoms with E-state index >= 15 is 0 Å². The van der Waals surface area contributed by atoms with E-state index in [2.05, 4.69) is 25.1 Å². The van der Waals surface area contributed by atoms with Crippen molar-refractivity contribution in [1.29, 1.82) is 0 Å². The Morgan fingerprint density at radius 1 is 0.941 bits per heavy atom. The van der Waals surface area contributed by atoms with Gasteiger partial charge in [0.25, 0.3) is 5.91 Å². The SMILES string of the molecule is CCc1ccc(Cl)cc1NC(=O)c1cnc(N2CCN(c3ncccn3)CC2)c2ccccc12. The second-order valence-corrected chi connectivity index (χ2v) is 8.61. The number of fused-ring (bicyclic) bond motifs is 1. The number of anilines is 3. The Kier molecular flexibility index (Phi) is 6.27. The standard InChI is InChI=1S/C26H25ClN6O/c1-2-18-8-9-19(27)16-23(18)31-25(34)22-17-30-24(21-7-4-3-6-20(21)22)32-12-14-33(15-13-32)26-28-10-5-11-29-26/h3-11,16-17H,2,12-15H2,1H3,(H,31,34). The van der Waals surface area contributed by atoms with Gasteiger partial charge in [-0.1, -0.05) is 48.9 Å². The van der Waals surface area contributed by atoms with Crippen LogP contribution in [0.3, 0.4) is 0 Å². The predicted octanol–water partition coefficient (Wildman–Crippen LogP) is 4.82. The van der Waals surface area contributed by atoms with Crippen LogP contribution in [-0.4, -0.2) is 47.0 Å². The first-order valence-corrected chi connectivity index (χ1v) is 11.8. The fraction of sp³-hybridized carbons (Fsp3) is 0.231. The third kappa shape index (κ3) is 4.39. The van der Waals surface area contributed by atoms with Crippen molar-refractivity contribution in [1.82, 2.24) is 15.0 Å². The lowest BCUT2D eigenvalue weighted by atomic mass is 10.0. The first-order valence-electron chi connectivity index (χ1n) is 11.4. The fourth-order valence-corrected chi connectivity index (χ4v) is 4.52. The molecule has 0 bridgehead atoms. The highest BCUT2D eigenvalue weighted by Crippen LogP contribution is 2.29. The lowest BCUT2D eigenvalue weighted by molar-refractivity contribution is 0.102. The van der Waals surface area contributed by atoms with E-state index < -0.39 is 0 Å². The van der Waals surface area contributed by atoms with Gasteiger partial charge in [0.05, 0.1) is 5.56 Å². The maximum absolute atomic E-state index is 13.3. The van der Waals surface area contributed by atoms with E-state index in [1.807, 2.05) is 49.4 Å². The van der Waals surface area contributed by atoms with Crippen molar-refractivity contribution in [2.75, 3.05) is 41.3 Å². The maximum Gasteiger partial charge on any atom is 0.257 e. The minimum atomic E-state index is -0.196. The van der Waals surface area contributed by atoms with Gasteiger partial charge in [0, 0.05) is 60.9 Å². The summed E-state index contributed by atoms with van der Waals surface area (Å²) in [6.45, 7) is 5.24. The van der Waals surface area contributed by atoms with E-state index in [0.29, 0.717) is 10.6 Å². The molecule has 3 heterocycles. The smallest absolute Gasteiger partial charge is 0.257 e. The maximum atomic E-state index is 13.3. The number of aryl methyl sites for hydroxylation is 1. The molecule has 34 heavy (non-hydrogen) atoms. The molecule has 1 aliphatic rings. The first kappa shape index (κ1) is 22.1. The van der Waals surface area contributed by atoms with Gasteiger partial charge in [-0.15, -0.1) is 0 Å². The van der Waals surface area contributed by atoms with Crippen LogP contribution in [0.4, 0.5) is 17.5 Å². The van der Waals surface area contributed by atoms with Crippen LogP contribution >= 0.6 is 11.6 Å². The van der Waals surface area contributed by atoms with Crippen LogP contribution in [0.25, 0.3) is 10.8 Å². The molecule has 5 rings (SSSR count). The van der Waals surface area contributed by atoms with Crippen molar-refractivity contribution in [2.45, 2.75) is 13.3 Å². The molecule has 0 atom stereocenters. The van der Waals surface area contributed by atoms with Gasteiger partial charge in [-0.2, -0.15) is 0 Å². The summed E-state index contributed by atoms with van der Waals surface area (Å²) in [7, 11) is 0. The summed E-state index contributed by atoms with van der Waals surface area (Å²) >= 11 is 6.17. The molecule has 0 radical (unpaired) electrons. The number of piperazine rings is 1. The Hall–Kier alpha value is -3.71. The molecule has 0 aliphatic carbocycles. The van der Waals surface area contributed by atoms with Crippen molar-refractivity contribution in [3.05, 3.63) is 83.3 Å². The third-order valence-corrected chi connectivity index (χ3v) is 6.37. The number of nitrogens with one attached hydrogen (secondary N) is 1. The van der Waals surface area contributed by atoms with Gasteiger partial charge >= 0.3 is 0 Å². The summed E-state index contributed by atoms with van der Waals surface area (Å²) in [6, 6.07) is 15.3. The Bertz CT molecular complexity index is 1320. The molecular formula is C26H25ClN6O. The highest BCUT2D eigenvalue weighted by molar-refractivity contribution is 6.31. The number of nitrogens with zero attached hydrogens (tertiary/aromatic N) is 5. The summed E-state index contributed by atoms with van der Waals surface area (Å²) < 4.78 is 0. The van der Waals surface area contributed by atoms with E-state index in [-0.39, 0.29) is 5.91 Å². The molecule has 2 aromatic carbocycles. The number of rotatable bonds is 5. The lowest BCUT2D eigenvalue weighted by Gasteiger charge is -2.35. The van der Waals surface area contributed by atoms with Crippen LogP contribution in [0.2, 0.25) is 5.02 Å². The fourth-order valence-electron chi connectivity index (χ4n) is 4.35. The van der Waals surface area contributed by atoms with Gasteiger partial charge in [-0.05, 0) is 35.6 Å². The molecule has 0 saturated carbocycles. The average Bonchev–Trinajstić information content (AvgIpc) is 2.89. The van der Waals surface area contributed by atoms with Crippen LogP contribution in [-0.2, 0) is 6.42 Å². The molecule has 8 heteroatoms. The highest BCUT2D eigenvalue weighted by Gasteiger charge is 2.23. The van der Waals surface area contributed by atoms with E-state index in [4.69, 9.17) is 16.6 Å². The van der Waals surface area contributed by atoms with Crippen LogP contribution in [0.15, 0.2) is 67.1 Å². The Balaban J connectivity index is 1.41. The molecule has 1 N–H and O–H groups in total. The molecule has 1 fully saturated rings. The predicted molar refractivity (Wildman–Crippen MR) is 137 cm³/mol. The monoisotopic (exact) mass is 472 g/mol. The summed E-state index contributed by atoms with van der Waals surface area (Å²) in [6.07, 6.45) is 6.00. The number of amides is 1. The van der Waals surface area contributed by atoms with Gasteiger partial charge in [0.15, 0.2) is 0 Å². The molecule has 1 saturated heterocycles. The Morgan fingerprint density at radius 2 is 1.65 bits per heavy atom. The third-order valence-electron chi connectivity index (χ3n) is 6.13. The zero-order valence-corrected chi connectivity index (χ0v) is 19.7. The van der Waals surface area contributed by atoms with E-state index in [0.717, 1.165) is 66.4 Å². The van der Waals surface area contributed by atoms with Crippen molar-refractivity contribution in [3.63, 3.8) is 0 Å². The minimum Gasteiger partial charge on any atom is -0.353 e. The van der Waals surface area contributed by atoms with Crippen molar-refractivity contribution >= 4 is 45.7 Å². The topological polar surface area (TPSA) is 74.2 Å². The Morgan fingerprint density at radius 3 is 2.38 bits per heavy atom. The number of halogens is 1. The summed E-state index contributed by atoms with van der Waals surface area (Å²) in [5.41, 5.74) is 2.30. The number of carbonyl (C=O) groups excluding carboxylic acids is 1. The number of benzene rings is 2. The molecule has 4 aromatic rings. The van der Waals surface area contributed by atoms with Crippen LogP contribution in [0.1, 0.15) is 22.8 Å². The van der Waals surface area contributed by atoms with E-state index in [1.165, 1.54) is 0 Å². The number of pyridine rings is 1. The number of hydrogen-bond acceptors (Lipinski definition) is 6. The van der Waals surface area contributed by atoms with Crippen LogP contribution < -0.4 is 15.1 Å². The molecule has 2 aromatic heterocycles. The Labute approximate surface area is 203 Å². The molecule has 172 valence electrons. The van der Waals surface area contributed by atoms with Gasteiger partial charge in [0.2, 0.25) is 5.95 Å². The highest BCUT2D eigenvalue weighted by atomic mass is 35.5. The van der Waals surface area contributed by atoms with Gasteiger partial charge in [-0.25, -0.2) is 15.0 Å².